The number of phosphoric ester groups is 1. The van der Waals surface area contributed by atoms with E-state index in [4.69, 9.17) is 23.3 Å². The van der Waals surface area contributed by atoms with E-state index in [0.717, 1.165) is 109 Å². The second-order valence-electron chi connectivity index (χ2n) is 19.8. The number of aliphatic hydroxyl groups is 1. The molecule has 0 heterocycles. The Kier molecular flexibility index (Phi) is 54.8. The molecule has 0 aliphatic carbocycles. The van der Waals surface area contributed by atoms with Crippen LogP contribution < -0.4 is 0 Å². The molecule has 0 radical (unpaired) electrons. The van der Waals surface area contributed by atoms with Crippen LogP contribution in [0.15, 0.2) is 97.2 Å². The normalized spacial score (nSPS) is 14.0. The number of allylic oxidation sites excluding steroid dienone is 16. The summed E-state index contributed by atoms with van der Waals surface area (Å²) in [6, 6.07) is 0. The van der Waals surface area contributed by atoms with E-state index in [2.05, 4.69) is 118 Å². The molecule has 2 N–H and O–H groups in total. The molecule has 0 aromatic heterocycles. The van der Waals surface area contributed by atoms with Gasteiger partial charge in [-0.15, -0.1) is 0 Å². The lowest BCUT2D eigenvalue weighted by Crippen LogP contribution is -2.30. The predicted molar refractivity (Wildman–Crippen MR) is 316 cm³/mol. The number of unbranched alkanes of at least 4 members (excludes halogenated alkanes) is 22. The molecular formula is C64H109O11P. The first-order chi connectivity index (χ1) is 37.2. The van der Waals surface area contributed by atoms with Gasteiger partial charge >= 0.3 is 25.7 Å². The number of aliphatic hydroxyl groups excluding tert-OH is 1. The Labute approximate surface area is 463 Å². The van der Waals surface area contributed by atoms with E-state index in [1.165, 1.54) is 83.5 Å². The molecule has 0 aliphatic rings. The zero-order chi connectivity index (χ0) is 55.5. The molecule has 0 amide bonds. The molecular weight excluding hydrogens is 976 g/mol. The van der Waals surface area contributed by atoms with Crippen molar-refractivity contribution in [2.45, 2.75) is 264 Å². The first-order valence-electron chi connectivity index (χ1n) is 30.1. The van der Waals surface area contributed by atoms with E-state index in [1.807, 2.05) is 0 Å². The van der Waals surface area contributed by atoms with Crippen molar-refractivity contribution in [3.63, 3.8) is 0 Å². The van der Waals surface area contributed by atoms with E-state index < -0.39 is 57.8 Å². The van der Waals surface area contributed by atoms with Crippen molar-refractivity contribution in [3.05, 3.63) is 97.2 Å². The SMILES string of the molecule is CC/C=C\C/C=C\C/C=C\C/C=C\C/C=C\CCCCCC(=O)OC(COC(=O)CCCCC/C=C\C/C=C\C/C=C\CC)COP(=O)(O)OCC(CO)OC(=O)CCCCCCCCCCCCCCCCCCC. The van der Waals surface area contributed by atoms with Gasteiger partial charge in [-0.05, 0) is 96.3 Å². The molecule has 11 nitrogen and oxygen atoms in total. The lowest BCUT2D eigenvalue weighted by Gasteiger charge is -2.21. The fourth-order valence-electron chi connectivity index (χ4n) is 7.99. The average Bonchev–Trinajstić information content (AvgIpc) is 3.41. The number of phosphoric acid groups is 1. The molecule has 3 atom stereocenters. The van der Waals surface area contributed by atoms with Crippen LogP contribution in [0.25, 0.3) is 0 Å². The minimum Gasteiger partial charge on any atom is -0.462 e. The second-order valence-corrected chi connectivity index (χ2v) is 21.2. The zero-order valence-corrected chi connectivity index (χ0v) is 49.1. The molecule has 0 fully saturated rings. The van der Waals surface area contributed by atoms with Crippen LogP contribution in [0, 0.1) is 0 Å². The van der Waals surface area contributed by atoms with Crippen molar-refractivity contribution in [2.75, 3.05) is 26.4 Å². The van der Waals surface area contributed by atoms with Gasteiger partial charge in [-0.3, -0.25) is 23.4 Å². The third-order valence-electron chi connectivity index (χ3n) is 12.5. The van der Waals surface area contributed by atoms with Gasteiger partial charge in [-0.1, -0.05) is 234 Å². The maximum Gasteiger partial charge on any atom is 0.472 e. The number of rotatable bonds is 55. The third-order valence-corrected chi connectivity index (χ3v) is 13.5. The lowest BCUT2D eigenvalue weighted by atomic mass is 10.0. The molecule has 0 aromatic rings. The molecule has 3 unspecified atom stereocenters. The van der Waals surface area contributed by atoms with Gasteiger partial charge in [0, 0.05) is 19.3 Å². The fraction of sp³-hybridized carbons (Fsp3) is 0.703. The largest absolute Gasteiger partial charge is 0.472 e. The van der Waals surface area contributed by atoms with Crippen molar-refractivity contribution in [1.29, 1.82) is 0 Å². The topological polar surface area (TPSA) is 155 Å². The van der Waals surface area contributed by atoms with Crippen LogP contribution in [-0.2, 0) is 42.2 Å². The number of esters is 3. The zero-order valence-electron chi connectivity index (χ0n) is 48.2. The molecule has 0 saturated carbocycles. The number of carbonyl (C=O) groups excluding carboxylic acids is 3. The Balaban J connectivity index is 4.76. The van der Waals surface area contributed by atoms with Gasteiger partial charge in [-0.2, -0.15) is 0 Å². The highest BCUT2D eigenvalue weighted by Gasteiger charge is 2.28. The minimum atomic E-state index is -4.77. The standard InChI is InChI=1S/C64H109O11P/c1-4-7-10-13-16-19-22-25-27-29-30-32-34-37-40-43-46-49-52-55-64(68)75-61(57-71-62(66)53-50-47-44-41-38-35-24-21-18-15-12-9-6-3)59-73-76(69,70)72-58-60(56-65)74-63(67)54-51-48-45-42-39-36-33-31-28-26-23-20-17-14-11-8-5-2/h7,9-10,12,16,18-19,21,25,27,30,32,35,37-38,40,60-61,65H,4-6,8,11,13-15,17,20,22-24,26,28-29,31,33-34,36,39,41-59H2,1-3H3,(H,69,70)/b10-7-,12-9-,19-16-,21-18-,27-25-,32-30-,38-35-,40-37-. The van der Waals surface area contributed by atoms with Crippen LogP contribution in [0.1, 0.15) is 252 Å². The van der Waals surface area contributed by atoms with E-state index in [1.54, 1.807) is 0 Å². The summed E-state index contributed by atoms with van der Waals surface area (Å²) in [6.45, 7) is 4.36. The van der Waals surface area contributed by atoms with Gasteiger partial charge in [0.25, 0.3) is 0 Å². The second kappa shape index (κ2) is 57.6. The molecule has 436 valence electrons. The van der Waals surface area contributed by atoms with Crippen molar-refractivity contribution < 1.29 is 52.2 Å². The molecule has 76 heavy (non-hydrogen) atoms. The van der Waals surface area contributed by atoms with Crippen molar-refractivity contribution in [1.82, 2.24) is 0 Å². The molecule has 0 rings (SSSR count). The van der Waals surface area contributed by atoms with Gasteiger partial charge in [0.2, 0.25) is 0 Å². The Morgan fingerprint density at radius 1 is 0.382 bits per heavy atom. The van der Waals surface area contributed by atoms with Gasteiger partial charge < -0.3 is 24.2 Å². The third kappa shape index (κ3) is 55.2. The van der Waals surface area contributed by atoms with E-state index >= 15 is 0 Å². The van der Waals surface area contributed by atoms with Crippen LogP contribution in [0.5, 0.6) is 0 Å². The summed E-state index contributed by atoms with van der Waals surface area (Å²) in [5, 5.41) is 9.84. The highest BCUT2D eigenvalue weighted by Crippen LogP contribution is 2.43. The van der Waals surface area contributed by atoms with Gasteiger partial charge in [0.15, 0.2) is 6.10 Å². The monoisotopic (exact) mass is 1080 g/mol. The Bertz CT molecular complexity index is 1640. The summed E-state index contributed by atoms with van der Waals surface area (Å²) in [7, 11) is -4.77. The maximum absolute atomic E-state index is 12.9. The fourth-order valence-corrected chi connectivity index (χ4v) is 8.77. The first-order valence-corrected chi connectivity index (χ1v) is 31.6. The summed E-state index contributed by atoms with van der Waals surface area (Å²) in [5.74, 6) is -1.54. The Hall–Kier alpha value is -3.60. The predicted octanol–water partition coefficient (Wildman–Crippen LogP) is 18.0. The van der Waals surface area contributed by atoms with Crippen LogP contribution in [-0.4, -0.2) is 66.5 Å². The average molecular weight is 1090 g/mol. The van der Waals surface area contributed by atoms with Crippen molar-refractivity contribution in [3.8, 4) is 0 Å². The number of ether oxygens (including phenoxy) is 3. The summed E-state index contributed by atoms with van der Waals surface area (Å²) < 4.78 is 39.5. The molecule has 0 aromatic carbocycles. The molecule has 0 saturated heterocycles. The van der Waals surface area contributed by atoms with Crippen molar-refractivity contribution in [2.24, 2.45) is 0 Å². The van der Waals surface area contributed by atoms with E-state index in [-0.39, 0.29) is 25.9 Å². The van der Waals surface area contributed by atoms with Crippen LogP contribution in [0.2, 0.25) is 0 Å². The number of hydrogen-bond acceptors (Lipinski definition) is 10. The minimum absolute atomic E-state index is 0.119. The summed E-state index contributed by atoms with van der Waals surface area (Å²) in [6.07, 6.45) is 68.0. The summed E-state index contributed by atoms with van der Waals surface area (Å²) in [5.41, 5.74) is 0. The smallest absolute Gasteiger partial charge is 0.462 e. The Morgan fingerprint density at radius 3 is 1.05 bits per heavy atom. The molecule has 0 spiro atoms. The van der Waals surface area contributed by atoms with E-state index in [9.17, 15) is 28.9 Å². The van der Waals surface area contributed by atoms with E-state index in [0.29, 0.717) is 19.3 Å². The van der Waals surface area contributed by atoms with Crippen LogP contribution >= 0.6 is 7.82 Å². The highest BCUT2D eigenvalue weighted by molar-refractivity contribution is 7.47. The lowest BCUT2D eigenvalue weighted by molar-refractivity contribution is -0.161. The van der Waals surface area contributed by atoms with Crippen molar-refractivity contribution >= 4 is 25.7 Å². The van der Waals surface area contributed by atoms with Gasteiger partial charge in [0.1, 0.15) is 12.7 Å². The highest BCUT2D eigenvalue weighted by atomic mass is 31.2. The summed E-state index contributed by atoms with van der Waals surface area (Å²) >= 11 is 0. The first kappa shape index (κ1) is 72.4. The number of carbonyl (C=O) groups is 3. The quantitative estimate of drug-likeness (QED) is 0.0197. The summed E-state index contributed by atoms with van der Waals surface area (Å²) in [4.78, 5) is 48.6. The molecule has 12 heteroatoms. The van der Waals surface area contributed by atoms with Gasteiger partial charge in [-0.25, -0.2) is 4.57 Å². The van der Waals surface area contributed by atoms with Gasteiger partial charge in [0.05, 0.1) is 19.8 Å². The van der Waals surface area contributed by atoms with Crippen LogP contribution in [0.4, 0.5) is 0 Å². The molecule has 0 bridgehead atoms. The maximum atomic E-state index is 12.9. The molecule has 0 aliphatic heterocycles. The Morgan fingerprint density at radius 2 is 0.684 bits per heavy atom. The number of hydrogen-bond donors (Lipinski definition) is 2. The van der Waals surface area contributed by atoms with Crippen LogP contribution in [0.3, 0.4) is 0 Å².